The van der Waals surface area contributed by atoms with E-state index in [2.05, 4.69) is 0 Å². The predicted molar refractivity (Wildman–Crippen MR) is 97.3 cm³/mol. The summed E-state index contributed by atoms with van der Waals surface area (Å²) in [6, 6.07) is 11.9. The number of nitrogens with zero attached hydrogens (tertiary/aromatic N) is 1. The van der Waals surface area contributed by atoms with Gasteiger partial charge >= 0.3 is 5.97 Å². The van der Waals surface area contributed by atoms with Crippen molar-refractivity contribution in [3.05, 3.63) is 53.6 Å². The molecule has 7 heteroatoms. The number of amides is 1. The third-order valence-electron chi connectivity index (χ3n) is 4.06. The van der Waals surface area contributed by atoms with Crippen molar-refractivity contribution >= 4 is 11.9 Å². The Balaban J connectivity index is 1.91. The predicted octanol–water partition coefficient (Wildman–Crippen LogP) is 2.45. The van der Waals surface area contributed by atoms with E-state index in [-0.39, 0.29) is 11.5 Å². The maximum atomic E-state index is 12.8. The number of hydrogen-bond acceptors (Lipinski definition) is 6. The molecule has 1 aliphatic rings. The molecule has 0 radical (unpaired) electrons. The summed E-state index contributed by atoms with van der Waals surface area (Å²) >= 11 is 0. The highest BCUT2D eigenvalue weighted by atomic mass is 16.6. The average molecular weight is 371 g/mol. The lowest BCUT2D eigenvalue weighted by Gasteiger charge is -2.23. The molecule has 1 aliphatic heterocycles. The SMILES string of the molecule is COc1cc(C(=O)O[C@@H](C(=O)N(C)C)c2ccccc2)cc2c1OCCO2. The Bertz CT molecular complexity index is 817. The van der Waals surface area contributed by atoms with Crippen LogP contribution in [-0.4, -0.2) is 51.2 Å². The molecule has 0 saturated heterocycles. The highest BCUT2D eigenvalue weighted by molar-refractivity contribution is 5.94. The van der Waals surface area contributed by atoms with E-state index in [1.807, 2.05) is 6.07 Å². The van der Waals surface area contributed by atoms with Crippen LogP contribution in [0.1, 0.15) is 22.0 Å². The largest absolute Gasteiger partial charge is 0.493 e. The molecule has 27 heavy (non-hydrogen) atoms. The van der Waals surface area contributed by atoms with Gasteiger partial charge in [0.25, 0.3) is 5.91 Å². The summed E-state index contributed by atoms with van der Waals surface area (Å²) in [7, 11) is 4.70. The zero-order chi connectivity index (χ0) is 19.4. The number of benzene rings is 2. The van der Waals surface area contributed by atoms with Crippen LogP contribution in [0.25, 0.3) is 0 Å². The molecule has 3 rings (SSSR count). The molecule has 0 saturated carbocycles. The number of methoxy groups -OCH3 is 1. The number of carbonyl (C=O) groups is 2. The number of hydrogen-bond donors (Lipinski definition) is 0. The van der Waals surface area contributed by atoms with Gasteiger partial charge < -0.3 is 23.8 Å². The Morgan fingerprint density at radius 3 is 2.44 bits per heavy atom. The number of ether oxygens (including phenoxy) is 4. The Hall–Kier alpha value is -3.22. The molecule has 2 aromatic rings. The molecule has 1 heterocycles. The molecular formula is C20H21NO6. The number of carbonyl (C=O) groups excluding carboxylic acids is 2. The average Bonchev–Trinajstić information content (AvgIpc) is 2.71. The van der Waals surface area contributed by atoms with Crippen LogP contribution in [0.4, 0.5) is 0 Å². The molecule has 0 spiro atoms. The van der Waals surface area contributed by atoms with E-state index in [0.717, 1.165) is 0 Å². The summed E-state index contributed by atoms with van der Waals surface area (Å²) in [6.07, 6.45) is -1.05. The van der Waals surface area contributed by atoms with Gasteiger partial charge in [-0.2, -0.15) is 0 Å². The van der Waals surface area contributed by atoms with E-state index in [1.54, 1.807) is 38.4 Å². The molecule has 1 atom stereocenters. The first kappa shape index (κ1) is 18.6. The number of esters is 1. The minimum atomic E-state index is -1.05. The van der Waals surface area contributed by atoms with Crippen molar-refractivity contribution in [3.8, 4) is 17.2 Å². The van der Waals surface area contributed by atoms with Gasteiger partial charge in [0.15, 0.2) is 11.5 Å². The summed E-state index contributed by atoms with van der Waals surface area (Å²) in [5.41, 5.74) is 0.803. The van der Waals surface area contributed by atoms with Crippen LogP contribution < -0.4 is 14.2 Å². The summed E-state index contributed by atoms with van der Waals surface area (Å²) in [6.45, 7) is 0.779. The maximum absolute atomic E-state index is 12.8. The quantitative estimate of drug-likeness (QED) is 0.752. The van der Waals surface area contributed by atoms with Crippen LogP contribution in [0.5, 0.6) is 17.2 Å². The van der Waals surface area contributed by atoms with Gasteiger partial charge in [-0.1, -0.05) is 30.3 Å². The molecule has 0 unspecified atom stereocenters. The van der Waals surface area contributed by atoms with E-state index in [0.29, 0.717) is 36.0 Å². The fourth-order valence-corrected chi connectivity index (χ4v) is 2.69. The Morgan fingerprint density at radius 1 is 1.07 bits per heavy atom. The van der Waals surface area contributed by atoms with Crippen LogP contribution in [0.3, 0.4) is 0 Å². The molecule has 142 valence electrons. The van der Waals surface area contributed by atoms with Crippen LogP contribution in [-0.2, 0) is 9.53 Å². The van der Waals surface area contributed by atoms with Gasteiger partial charge in [-0.15, -0.1) is 0 Å². The van der Waals surface area contributed by atoms with Gasteiger partial charge in [0.2, 0.25) is 11.9 Å². The second-order valence-electron chi connectivity index (χ2n) is 6.13. The van der Waals surface area contributed by atoms with Crippen molar-refractivity contribution in [2.45, 2.75) is 6.10 Å². The first-order valence-electron chi connectivity index (χ1n) is 8.46. The third kappa shape index (κ3) is 3.97. The number of rotatable bonds is 5. The van der Waals surface area contributed by atoms with E-state index >= 15 is 0 Å². The van der Waals surface area contributed by atoms with Crippen molar-refractivity contribution in [2.24, 2.45) is 0 Å². The van der Waals surface area contributed by atoms with Crippen molar-refractivity contribution < 1.29 is 28.5 Å². The fraction of sp³-hybridized carbons (Fsp3) is 0.300. The highest BCUT2D eigenvalue weighted by Crippen LogP contribution is 2.40. The van der Waals surface area contributed by atoms with Crippen molar-refractivity contribution in [2.75, 3.05) is 34.4 Å². The van der Waals surface area contributed by atoms with Crippen molar-refractivity contribution in [3.63, 3.8) is 0 Å². The van der Waals surface area contributed by atoms with Gasteiger partial charge in [-0.25, -0.2) is 4.79 Å². The van der Waals surface area contributed by atoms with Gasteiger partial charge in [-0.3, -0.25) is 4.79 Å². The van der Waals surface area contributed by atoms with Gasteiger partial charge in [0.1, 0.15) is 13.2 Å². The van der Waals surface area contributed by atoms with E-state index in [1.165, 1.54) is 24.1 Å². The summed E-state index contributed by atoms with van der Waals surface area (Å²) in [4.78, 5) is 26.7. The zero-order valence-electron chi connectivity index (χ0n) is 15.4. The van der Waals surface area contributed by atoms with Gasteiger partial charge in [-0.05, 0) is 12.1 Å². The molecule has 1 amide bonds. The Kier molecular flexibility index (Phi) is 5.49. The first-order valence-corrected chi connectivity index (χ1v) is 8.46. The van der Waals surface area contributed by atoms with Crippen LogP contribution >= 0.6 is 0 Å². The molecule has 2 aromatic carbocycles. The molecule has 0 N–H and O–H groups in total. The molecule has 0 fully saturated rings. The second-order valence-corrected chi connectivity index (χ2v) is 6.13. The van der Waals surface area contributed by atoms with Crippen LogP contribution in [0, 0.1) is 0 Å². The van der Waals surface area contributed by atoms with E-state index in [9.17, 15) is 9.59 Å². The summed E-state index contributed by atoms with van der Waals surface area (Å²) in [5, 5.41) is 0. The number of likely N-dealkylation sites (N-methyl/N-ethyl adjacent to an activating group) is 1. The minimum absolute atomic E-state index is 0.212. The summed E-state index contributed by atoms with van der Waals surface area (Å²) < 4.78 is 21.9. The first-order chi connectivity index (χ1) is 13.0. The van der Waals surface area contributed by atoms with Crippen molar-refractivity contribution in [1.29, 1.82) is 0 Å². The lowest BCUT2D eigenvalue weighted by Crippen LogP contribution is -2.31. The zero-order valence-corrected chi connectivity index (χ0v) is 15.4. The smallest absolute Gasteiger partial charge is 0.339 e. The van der Waals surface area contributed by atoms with Gasteiger partial charge in [0, 0.05) is 19.7 Å². The normalized spacial score (nSPS) is 13.4. The monoisotopic (exact) mass is 371 g/mol. The van der Waals surface area contributed by atoms with Crippen LogP contribution in [0.15, 0.2) is 42.5 Å². The molecule has 0 aromatic heterocycles. The standard InChI is InChI=1S/C20H21NO6/c1-21(2)19(22)17(13-7-5-4-6-8-13)27-20(23)14-11-15(24-3)18-16(12-14)25-9-10-26-18/h4-8,11-12,17H,9-10H2,1-3H3/t17-/m1/s1. The fourth-order valence-electron chi connectivity index (χ4n) is 2.69. The molecule has 0 aliphatic carbocycles. The second kappa shape index (κ2) is 7.99. The molecular weight excluding hydrogens is 350 g/mol. The lowest BCUT2D eigenvalue weighted by molar-refractivity contribution is -0.138. The van der Waals surface area contributed by atoms with E-state index < -0.39 is 12.1 Å². The highest BCUT2D eigenvalue weighted by Gasteiger charge is 2.28. The lowest BCUT2D eigenvalue weighted by atomic mass is 10.1. The topological polar surface area (TPSA) is 74.3 Å². The summed E-state index contributed by atoms with van der Waals surface area (Å²) in [5.74, 6) is 0.231. The molecule has 0 bridgehead atoms. The van der Waals surface area contributed by atoms with Gasteiger partial charge in [0.05, 0.1) is 12.7 Å². The molecule has 7 nitrogen and oxygen atoms in total. The third-order valence-corrected chi connectivity index (χ3v) is 4.06. The minimum Gasteiger partial charge on any atom is -0.493 e. The maximum Gasteiger partial charge on any atom is 0.339 e. The van der Waals surface area contributed by atoms with Crippen LogP contribution in [0.2, 0.25) is 0 Å². The Labute approximate surface area is 157 Å². The Morgan fingerprint density at radius 2 is 1.78 bits per heavy atom. The van der Waals surface area contributed by atoms with Crippen molar-refractivity contribution in [1.82, 2.24) is 4.90 Å². The van der Waals surface area contributed by atoms with E-state index in [4.69, 9.17) is 18.9 Å². The number of fused-ring (bicyclic) bond motifs is 1.